The molecule has 0 saturated heterocycles. The SMILES string of the molecule is CCCCCCCCC(N)c1c(C)cccc1C. The zero-order chi connectivity index (χ0) is 13.4. The van der Waals surface area contributed by atoms with Crippen LogP contribution < -0.4 is 5.73 Å². The van der Waals surface area contributed by atoms with Crippen LogP contribution >= 0.6 is 0 Å². The van der Waals surface area contributed by atoms with Crippen LogP contribution in [0, 0.1) is 13.8 Å². The molecule has 1 aromatic carbocycles. The van der Waals surface area contributed by atoms with E-state index in [-0.39, 0.29) is 6.04 Å². The molecule has 0 bridgehead atoms. The van der Waals surface area contributed by atoms with E-state index in [4.69, 9.17) is 5.73 Å². The molecular weight excluding hydrogens is 218 g/mol. The minimum Gasteiger partial charge on any atom is -0.324 e. The standard InChI is InChI=1S/C17H29N/c1-4-5-6-7-8-9-13-16(18)17-14(2)11-10-12-15(17)3/h10-12,16H,4-9,13,18H2,1-3H3. The van der Waals surface area contributed by atoms with Gasteiger partial charge in [-0.2, -0.15) is 0 Å². The van der Waals surface area contributed by atoms with E-state index >= 15 is 0 Å². The summed E-state index contributed by atoms with van der Waals surface area (Å²) in [7, 11) is 0. The van der Waals surface area contributed by atoms with Gasteiger partial charge in [-0.05, 0) is 37.0 Å². The largest absolute Gasteiger partial charge is 0.324 e. The maximum Gasteiger partial charge on any atom is 0.0300 e. The predicted octanol–water partition coefficient (Wildman–Crippen LogP) is 5.05. The summed E-state index contributed by atoms with van der Waals surface area (Å²) in [5, 5.41) is 0. The molecule has 2 N–H and O–H groups in total. The normalized spacial score (nSPS) is 12.7. The van der Waals surface area contributed by atoms with Crippen LogP contribution in [-0.4, -0.2) is 0 Å². The maximum atomic E-state index is 6.34. The molecule has 1 aromatic rings. The summed E-state index contributed by atoms with van der Waals surface area (Å²) in [4.78, 5) is 0. The second-order valence-electron chi connectivity index (χ2n) is 5.47. The molecule has 0 aliphatic rings. The van der Waals surface area contributed by atoms with Gasteiger partial charge in [0.15, 0.2) is 0 Å². The van der Waals surface area contributed by atoms with Crippen molar-refractivity contribution in [3.8, 4) is 0 Å². The fourth-order valence-electron chi connectivity index (χ4n) is 2.70. The molecule has 0 heterocycles. The number of rotatable bonds is 8. The van der Waals surface area contributed by atoms with Crippen molar-refractivity contribution in [2.24, 2.45) is 5.73 Å². The van der Waals surface area contributed by atoms with Gasteiger partial charge in [-0.15, -0.1) is 0 Å². The van der Waals surface area contributed by atoms with Crippen molar-refractivity contribution in [2.45, 2.75) is 71.8 Å². The Kier molecular flexibility index (Phi) is 7.04. The van der Waals surface area contributed by atoms with E-state index in [9.17, 15) is 0 Å². The molecule has 0 aliphatic carbocycles. The summed E-state index contributed by atoms with van der Waals surface area (Å²) in [6, 6.07) is 6.68. The van der Waals surface area contributed by atoms with Crippen LogP contribution in [0.15, 0.2) is 18.2 Å². The molecule has 0 aliphatic heterocycles. The molecule has 1 unspecified atom stereocenters. The summed E-state index contributed by atoms with van der Waals surface area (Å²) >= 11 is 0. The van der Waals surface area contributed by atoms with E-state index in [1.165, 1.54) is 55.2 Å². The Morgan fingerprint density at radius 3 is 2.11 bits per heavy atom. The first-order valence-electron chi connectivity index (χ1n) is 7.48. The minimum absolute atomic E-state index is 0.220. The fraction of sp³-hybridized carbons (Fsp3) is 0.647. The first kappa shape index (κ1) is 15.2. The molecule has 0 amide bonds. The average molecular weight is 247 g/mol. The van der Waals surface area contributed by atoms with Crippen molar-refractivity contribution in [3.05, 3.63) is 34.9 Å². The van der Waals surface area contributed by atoms with Crippen LogP contribution in [0.1, 0.15) is 74.6 Å². The Morgan fingerprint density at radius 2 is 1.50 bits per heavy atom. The molecular formula is C17H29N. The van der Waals surface area contributed by atoms with Gasteiger partial charge in [0.05, 0.1) is 0 Å². The zero-order valence-electron chi connectivity index (χ0n) is 12.3. The summed E-state index contributed by atoms with van der Waals surface area (Å²) < 4.78 is 0. The quantitative estimate of drug-likeness (QED) is 0.639. The molecule has 18 heavy (non-hydrogen) atoms. The monoisotopic (exact) mass is 247 g/mol. The van der Waals surface area contributed by atoms with Gasteiger partial charge in [-0.25, -0.2) is 0 Å². The van der Waals surface area contributed by atoms with Crippen LogP contribution in [-0.2, 0) is 0 Å². The van der Waals surface area contributed by atoms with E-state index in [2.05, 4.69) is 39.0 Å². The van der Waals surface area contributed by atoms with E-state index in [0.717, 1.165) is 6.42 Å². The second kappa shape index (κ2) is 8.31. The third-order valence-corrected chi connectivity index (χ3v) is 3.78. The Morgan fingerprint density at radius 1 is 0.944 bits per heavy atom. The lowest BCUT2D eigenvalue weighted by molar-refractivity contribution is 0.545. The highest BCUT2D eigenvalue weighted by Crippen LogP contribution is 2.24. The molecule has 1 nitrogen and oxygen atoms in total. The van der Waals surface area contributed by atoms with Gasteiger partial charge in [0.2, 0.25) is 0 Å². The Labute approximate surface area is 113 Å². The van der Waals surface area contributed by atoms with Crippen molar-refractivity contribution in [2.75, 3.05) is 0 Å². The topological polar surface area (TPSA) is 26.0 Å². The summed E-state index contributed by atoms with van der Waals surface area (Å²) in [5.74, 6) is 0. The molecule has 0 fully saturated rings. The lowest BCUT2D eigenvalue weighted by Crippen LogP contribution is -2.13. The van der Waals surface area contributed by atoms with E-state index in [1.807, 2.05) is 0 Å². The Hall–Kier alpha value is -0.820. The van der Waals surface area contributed by atoms with Gasteiger partial charge >= 0.3 is 0 Å². The van der Waals surface area contributed by atoms with Crippen molar-refractivity contribution in [3.63, 3.8) is 0 Å². The predicted molar refractivity (Wildman–Crippen MR) is 80.8 cm³/mol. The zero-order valence-corrected chi connectivity index (χ0v) is 12.3. The number of hydrogen-bond donors (Lipinski definition) is 1. The number of hydrogen-bond acceptors (Lipinski definition) is 1. The van der Waals surface area contributed by atoms with Crippen LogP contribution in [0.2, 0.25) is 0 Å². The number of nitrogens with two attached hydrogens (primary N) is 1. The molecule has 0 spiro atoms. The summed E-state index contributed by atoms with van der Waals surface area (Å²) in [6.07, 6.45) is 9.17. The average Bonchev–Trinajstić information content (AvgIpc) is 2.33. The first-order chi connectivity index (χ1) is 8.66. The second-order valence-corrected chi connectivity index (χ2v) is 5.47. The van der Waals surface area contributed by atoms with Crippen molar-refractivity contribution in [1.29, 1.82) is 0 Å². The highest BCUT2D eigenvalue weighted by atomic mass is 14.6. The third-order valence-electron chi connectivity index (χ3n) is 3.78. The lowest BCUT2D eigenvalue weighted by Gasteiger charge is -2.17. The van der Waals surface area contributed by atoms with Gasteiger partial charge in [0, 0.05) is 6.04 Å². The van der Waals surface area contributed by atoms with Crippen molar-refractivity contribution >= 4 is 0 Å². The third kappa shape index (κ3) is 4.81. The minimum atomic E-state index is 0.220. The molecule has 0 radical (unpaired) electrons. The molecule has 1 heteroatoms. The van der Waals surface area contributed by atoms with Crippen LogP contribution in [0.25, 0.3) is 0 Å². The van der Waals surface area contributed by atoms with Crippen molar-refractivity contribution < 1.29 is 0 Å². The van der Waals surface area contributed by atoms with Crippen LogP contribution in [0.4, 0.5) is 0 Å². The summed E-state index contributed by atoms with van der Waals surface area (Å²) in [6.45, 7) is 6.60. The van der Waals surface area contributed by atoms with E-state index in [0.29, 0.717) is 0 Å². The number of aryl methyl sites for hydroxylation is 2. The van der Waals surface area contributed by atoms with Gasteiger partial charge in [0.25, 0.3) is 0 Å². The fourth-order valence-corrected chi connectivity index (χ4v) is 2.70. The molecule has 0 aromatic heterocycles. The van der Waals surface area contributed by atoms with E-state index < -0.39 is 0 Å². The van der Waals surface area contributed by atoms with Gasteiger partial charge < -0.3 is 5.73 Å². The first-order valence-corrected chi connectivity index (χ1v) is 7.48. The Bertz CT molecular complexity index is 323. The van der Waals surface area contributed by atoms with Gasteiger partial charge in [0.1, 0.15) is 0 Å². The molecule has 1 atom stereocenters. The smallest absolute Gasteiger partial charge is 0.0300 e. The molecule has 0 saturated carbocycles. The number of unbranched alkanes of at least 4 members (excludes halogenated alkanes) is 5. The van der Waals surface area contributed by atoms with Gasteiger partial charge in [-0.1, -0.05) is 63.6 Å². The highest BCUT2D eigenvalue weighted by Gasteiger charge is 2.10. The van der Waals surface area contributed by atoms with Gasteiger partial charge in [-0.3, -0.25) is 0 Å². The summed E-state index contributed by atoms with van der Waals surface area (Å²) in [5.41, 5.74) is 10.4. The molecule has 1 rings (SSSR count). The highest BCUT2D eigenvalue weighted by molar-refractivity contribution is 5.35. The number of benzene rings is 1. The van der Waals surface area contributed by atoms with Crippen LogP contribution in [0.5, 0.6) is 0 Å². The Balaban J connectivity index is 2.34. The van der Waals surface area contributed by atoms with Crippen molar-refractivity contribution in [1.82, 2.24) is 0 Å². The van der Waals surface area contributed by atoms with Crippen LogP contribution in [0.3, 0.4) is 0 Å². The maximum absolute atomic E-state index is 6.34. The van der Waals surface area contributed by atoms with E-state index in [1.54, 1.807) is 0 Å². The lowest BCUT2D eigenvalue weighted by atomic mass is 9.93. The molecule has 102 valence electrons.